The molecular formula is C44H56Br2N4O2. The summed E-state index contributed by atoms with van der Waals surface area (Å²) < 4.78 is 1.96. The zero-order chi connectivity index (χ0) is 35.1. The molecule has 8 heteroatoms. The summed E-state index contributed by atoms with van der Waals surface area (Å²) in [6.07, 6.45) is 6.92. The van der Waals surface area contributed by atoms with Crippen molar-refractivity contribution in [2.75, 3.05) is 67.5 Å². The maximum atomic E-state index is 13.4. The van der Waals surface area contributed by atoms with Crippen LogP contribution >= 0.6 is 0 Å². The van der Waals surface area contributed by atoms with Gasteiger partial charge in [-0.2, -0.15) is 0 Å². The number of hydrogen-bond acceptors (Lipinski definition) is 2. The molecule has 0 aromatic heterocycles. The van der Waals surface area contributed by atoms with E-state index in [-0.39, 0.29) is 57.9 Å². The third kappa shape index (κ3) is 9.81. The van der Waals surface area contributed by atoms with E-state index < -0.39 is 0 Å². The van der Waals surface area contributed by atoms with Crippen LogP contribution in [0.1, 0.15) is 93.6 Å². The molecule has 2 unspecified atom stereocenters. The van der Waals surface area contributed by atoms with Gasteiger partial charge < -0.3 is 52.7 Å². The molecule has 0 spiro atoms. The summed E-state index contributed by atoms with van der Waals surface area (Å²) in [4.78, 5) is 31.0. The van der Waals surface area contributed by atoms with Crippen LogP contribution in [0.25, 0.3) is 0 Å². The number of halogens is 2. The highest BCUT2D eigenvalue weighted by atomic mass is 79.9. The first-order chi connectivity index (χ1) is 24.2. The summed E-state index contributed by atoms with van der Waals surface area (Å²) >= 11 is 0. The van der Waals surface area contributed by atoms with E-state index in [0.717, 1.165) is 83.3 Å². The largest absolute Gasteiger partial charge is 1.00 e. The Hall–Kier alpha value is -3.30. The summed E-state index contributed by atoms with van der Waals surface area (Å²) in [5, 5.41) is 0. The van der Waals surface area contributed by atoms with Gasteiger partial charge in [0.25, 0.3) is 11.8 Å². The van der Waals surface area contributed by atoms with Gasteiger partial charge in [0.2, 0.25) is 0 Å². The summed E-state index contributed by atoms with van der Waals surface area (Å²) in [5.74, 6) is 0.320. The molecule has 52 heavy (non-hydrogen) atoms. The third-order valence-corrected chi connectivity index (χ3v) is 10.9. The number of quaternary nitrogens is 2. The molecule has 2 atom stereocenters. The zero-order valence-corrected chi connectivity index (χ0v) is 34.6. The second-order valence-electron chi connectivity index (χ2n) is 15.7. The van der Waals surface area contributed by atoms with Crippen molar-refractivity contribution in [3.8, 4) is 0 Å². The van der Waals surface area contributed by atoms with E-state index in [0.29, 0.717) is 0 Å². The molecule has 2 heterocycles. The van der Waals surface area contributed by atoms with Crippen LogP contribution in [0, 0.1) is 0 Å². The van der Waals surface area contributed by atoms with E-state index in [9.17, 15) is 9.59 Å². The van der Waals surface area contributed by atoms with Crippen molar-refractivity contribution in [2.24, 2.45) is 0 Å². The van der Waals surface area contributed by atoms with Crippen LogP contribution in [0.5, 0.6) is 0 Å². The smallest absolute Gasteiger partial charge is 0.255 e. The Bertz CT molecular complexity index is 1620. The van der Waals surface area contributed by atoms with Crippen molar-refractivity contribution in [3.63, 3.8) is 0 Å². The molecule has 6 nitrogen and oxygen atoms in total. The van der Waals surface area contributed by atoms with E-state index in [4.69, 9.17) is 0 Å². The van der Waals surface area contributed by atoms with Crippen LogP contribution in [0.15, 0.2) is 109 Å². The zero-order valence-electron chi connectivity index (χ0n) is 31.4. The van der Waals surface area contributed by atoms with Gasteiger partial charge in [0.15, 0.2) is 0 Å². The summed E-state index contributed by atoms with van der Waals surface area (Å²) in [6.45, 7) is 5.97. The van der Waals surface area contributed by atoms with Gasteiger partial charge in [-0.05, 0) is 60.1 Å². The Kier molecular flexibility index (Phi) is 14.9. The Balaban J connectivity index is 0.00000302. The fraction of sp³-hybridized carbons (Fsp3) is 0.409. The third-order valence-electron chi connectivity index (χ3n) is 10.9. The van der Waals surface area contributed by atoms with Crippen molar-refractivity contribution in [2.45, 2.75) is 50.6 Å². The molecule has 4 aromatic rings. The van der Waals surface area contributed by atoms with Crippen LogP contribution < -0.4 is 34.0 Å². The lowest BCUT2D eigenvalue weighted by atomic mass is 9.98. The first kappa shape index (κ1) is 41.5. The number of carbonyl (C=O) groups is 2. The molecule has 6 rings (SSSR count). The van der Waals surface area contributed by atoms with Crippen molar-refractivity contribution in [1.29, 1.82) is 0 Å². The molecule has 0 N–H and O–H groups in total. The van der Waals surface area contributed by atoms with Crippen LogP contribution in [0.4, 0.5) is 0 Å². The number of amides is 2. The monoisotopic (exact) mass is 830 g/mol. The maximum Gasteiger partial charge on any atom is 0.255 e. The van der Waals surface area contributed by atoms with Gasteiger partial charge in [0, 0.05) is 37.1 Å². The van der Waals surface area contributed by atoms with Gasteiger partial charge >= 0.3 is 0 Å². The van der Waals surface area contributed by atoms with Gasteiger partial charge in [-0.3, -0.25) is 9.59 Å². The van der Waals surface area contributed by atoms with E-state index in [1.165, 1.54) is 36.8 Å². The highest BCUT2D eigenvalue weighted by molar-refractivity contribution is 6.00. The molecule has 0 saturated heterocycles. The molecule has 278 valence electrons. The highest BCUT2D eigenvalue weighted by Crippen LogP contribution is 2.39. The summed E-state index contributed by atoms with van der Waals surface area (Å²) in [6, 6.07) is 37.1. The van der Waals surface area contributed by atoms with Crippen LogP contribution in [-0.4, -0.2) is 98.0 Å². The molecule has 0 bridgehead atoms. The number of hydrogen-bond donors (Lipinski definition) is 0. The normalized spacial score (nSPS) is 16.7. The SMILES string of the molecule is C[N+](C)(CCCCCC[N+](C)(C)CCCN1C(=O)c2ccccc2C1c1ccccc1)CCCN1C(=O)c2ccccc2C1c1ccccc1.[Br-].[Br-]. The van der Waals surface area contributed by atoms with Crippen LogP contribution in [-0.2, 0) is 0 Å². The minimum Gasteiger partial charge on any atom is -1.00 e. The van der Waals surface area contributed by atoms with E-state index in [1.807, 2.05) is 48.5 Å². The lowest BCUT2D eigenvalue weighted by molar-refractivity contribution is -0.891. The predicted molar refractivity (Wildman–Crippen MR) is 203 cm³/mol. The molecule has 0 fully saturated rings. The number of nitrogens with zero attached hydrogens (tertiary/aromatic N) is 4. The summed E-state index contributed by atoms with van der Waals surface area (Å²) in [5.41, 5.74) is 6.33. The minimum atomic E-state index is 0. The summed E-state index contributed by atoms with van der Waals surface area (Å²) in [7, 11) is 9.34. The molecule has 2 amide bonds. The first-order valence-corrected chi connectivity index (χ1v) is 18.7. The van der Waals surface area contributed by atoms with Crippen molar-refractivity contribution in [3.05, 3.63) is 143 Å². The number of rotatable bonds is 17. The van der Waals surface area contributed by atoms with Gasteiger partial charge in [0.1, 0.15) is 0 Å². The second-order valence-corrected chi connectivity index (χ2v) is 15.7. The number of unbranched alkanes of at least 4 members (excludes halogenated alkanes) is 3. The fourth-order valence-electron chi connectivity index (χ4n) is 8.19. The maximum absolute atomic E-state index is 13.4. The lowest BCUT2D eigenvalue weighted by Crippen LogP contribution is -3.00. The Morgan fingerprint density at radius 2 is 0.769 bits per heavy atom. The van der Waals surface area contributed by atoms with E-state index >= 15 is 0 Å². The molecular weight excluding hydrogens is 776 g/mol. The topological polar surface area (TPSA) is 40.6 Å². The Labute approximate surface area is 333 Å². The molecule has 2 aliphatic rings. The average molecular weight is 833 g/mol. The van der Waals surface area contributed by atoms with Crippen molar-refractivity contribution >= 4 is 11.8 Å². The van der Waals surface area contributed by atoms with Crippen LogP contribution in [0.2, 0.25) is 0 Å². The van der Waals surface area contributed by atoms with Gasteiger partial charge in [-0.15, -0.1) is 0 Å². The molecule has 2 aliphatic heterocycles. The highest BCUT2D eigenvalue weighted by Gasteiger charge is 2.38. The van der Waals surface area contributed by atoms with E-state index in [1.54, 1.807) is 0 Å². The average Bonchev–Trinajstić information content (AvgIpc) is 3.56. The molecule has 0 saturated carbocycles. The Morgan fingerprint density at radius 1 is 0.442 bits per heavy atom. The fourth-order valence-corrected chi connectivity index (χ4v) is 8.19. The second kappa shape index (κ2) is 18.6. The predicted octanol–water partition coefficient (Wildman–Crippen LogP) is 1.98. The molecule has 0 radical (unpaired) electrons. The number of carbonyl (C=O) groups excluding carboxylic acids is 2. The van der Waals surface area contributed by atoms with Gasteiger partial charge in [-0.25, -0.2) is 0 Å². The van der Waals surface area contributed by atoms with Gasteiger partial charge in [-0.1, -0.05) is 97.1 Å². The number of fused-ring (bicyclic) bond motifs is 2. The molecule has 0 aliphatic carbocycles. The quantitative estimate of drug-likeness (QED) is 0.121. The standard InChI is InChI=1S/C44H56N4O2.2BrH/c1-47(2,33-19-29-45-41(35-21-9-7-10-22-35)37-25-13-15-27-39(37)43(45)49)31-17-5-6-18-32-48(3,4)34-20-30-46-42(36-23-11-8-12-24-36)38-26-14-16-28-40(38)44(46)50;;/h7-16,21-28,41-42H,5-6,17-20,29-34H2,1-4H3;2*1H/q+2;;/p-2. The molecule has 4 aromatic carbocycles. The lowest BCUT2D eigenvalue weighted by Gasteiger charge is -2.32. The van der Waals surface area contributed by atoms with Gasteiger partial charge in [0.05, 0.1) is 66.5 Å². The van der Waals surface area contributed by atoms with E-state index in [2.05, 4.69) is 98.7 Å². The minimum absolute atomic E-state index is 0. The first-order valence-electron chi connectivity index (χ1n) is 18.7. The van der Waals surface area contributed by atoms with Crippen LogP contribution in [0.3, 0.4) is 0 Å². The van der Waals surface area contributed by atoms with Crippen molar-refractivity contribution < 1.29 is 52.5 Å². The Morgan fingerprint density at radius 3 is 1.15 bits per heavy atom. The van der Waals surface area contributed by atoms with Crippen molar-refractivity contribution in [1.82, 2.24) is 9.80 Å². The number of benzene rings is 4.